The molecule has 1 fully saturated rings. The van der Waals surface area contributed by atoms with Gasteiger partial charge in [0.2, 0.25) is 11.8 Å². The molecule has 0 aromatic heterocycles. The van der Waals surface area contributed by atoms with E-state index in [9.17, 15) is 9.59 Å². The SMILES string of the molecule is Cc1ccc(NC(=O)CSCC(=O)Nc2ccc(CN3CCCC(C)C3)cc2)cc1. The van der Waals surface area contributed by atoms with Crippen molar-refractivity contribution in [1.82, 2.24) is 4.90 Å². The Labute approximate surface area is 183 Å². The summed E-state index contributed by atoms with van der Waals surface area (Å²) >= 11 is 1.31. The molecule has 0 saturated carbocycles. The number of hydrogen-bond acceptors (Lipinski definition) is 4. The highest BCUT2D eigenvalue weighted by atomic mass is 32.2. The van der Waals surface area contributed by atoms with Crippen molar-refractivity contribution < 1.29 is 9.59 Å². The molecule has 1 unspecified atom stereocenters. The van der Waals surface area contributed by atoms with Crippen molar-refractivity contribution in [2.24, 2.45) is 5.92 Å². The first kappa shape index (κ1) is 22.4. The van der Waals surface area contributed by atoms with Gasteiger partial charge in [-0.15, -0.1) is 11.8 Å². The molecule has 1 aliphatic heterocycles. The molecule has 0 aliphatic carbocycles. The Hall–Kier alpha value is -2.31. The van der Waals surface area contributed by atoms with Crippen molar-refractivity contribution in [3.8, 4) is 0 Å². The van der Waals surface area contributed by atoms with Crippen LogP contribution in [0.3, 0.4) is 0 Å². The maximum atomic E-state index is 12.2. The molecule has 0 spiro atoms. The Kier molecular flexibility index (Phi) is 8.34. The number of benzene rings is 2. The van der Waals surface area contributed by atoms with Crippen molar-refractivity contribution in [3.05, 3.63) is 59.7 Å². The second kappa shape index (κ2) is 11.2. The summed E-state index contributed by atoms with van der Waals surface area (Å²) in [4.78, 5) is 26.6. The number of aryl methyl sites for hydroxylation is 1. The molecule has 2 N–H and O–H groups in total. The number of thioether (sulfide) groups is 1. The predicted octanol–water partition coefficient (Wildman–Crippen LogP) is 4.54. The number of carbonyl (C=O) groups is 2. The third-order valence-corrected chi connectivity index (χ3v) is 6.12. The van der Waals surface area contributed by atoms with Gasteiger partial charge in [0.15, 0.2) is 0 Å². The van der Waals surface area contributed by atoms with Gasteiger partial charge in [0, 0.05) is 24.5 Å². The Morgan fingerprint density at radius 1 is 0.967 bits per heavy atom. The van der Waals surface area contributed by atoms with Crippen molar-refractivity contribution in [2.75, 3.05) is 35.2 Å². The number of amides is 2. The summed E-state index contributed by atoms with van der Waals surface area (Å²) in [5, 5.41) is 5.74. The second-order valence-corrected chi connectivity index (χ2v) is 9.12. The van der Waals surface area contributed by atoms with Crippen LogP contribution >= 0.6 is 11.8 Å². The molecule has 2 aromatic carbocycles. The highest BCUT2D eigenvalue weighted by Crippen LogP contribution is 2.19. The number of hydrogen-bond donors (Lipinski definition) is 2. The van der Waals surface area contributed by atoms with Gasteiger partial charge in [-0.05, 0) is 62.1 Å². The molecule has 1 heterocycles. The number of carbonyl (C=O) groups excluding carboxylic acids is 2. The number of nitrogens with zero attached hydrogens (tertiary/aromatic N) is 1. The zero-order valence-corrected chi connectivity index (χ0v) is 18.6. The number of anilines is 2. The van der Waals surface area contributed by atoms with E-state index in [1.165, 1.54) is 30.2 Å². The predicted molar refractivity (Wildman–Crippen MR) is 126 cm³/mol. The highest BCUT2D eigenvalue weighted by molar-refractivity contribution is 8.00. The summed E-state index contributed by atoms with van der Waals surface area (Å²) in [6.07, 6.45) is 2.60. The number of rotatable bonds is 8. The van der Waals surface area contributed by atoms with Crippen LogP contribution in [0.15, 0.2) is 48.5 Å². The molecule has 1 aliphatic rings. The summed E-state index contributed by atoms with van der Waals surface area (Å²) in [5.74, 6) is 1.06. The normalized spacial score (nSPS) is 16.8. The van der Waals surface area contributed by atoms with E-state index < -0.39 is 0 Å². The average molecular weight is 426 g/mol. The first-order valence-electron chi connectivity index (χ1n) is 10.5. The molecule has 6 heteroatoms. The number of nitrogens with one attached hydrogen (secondary N) is 2. The standard InChI is InChI=1S/C24H31N3O2S/c1-18-5-9-21(10-6-18)25-23(28)16-30-17-24(29)26-22-11-7-20(8-12-22)15-27-13-3-4-19(2)14-27/h5-12,19H,3-4,13-17H2,1-2H3,(H,25,28)(H,26,29). The third-order valence-electron chi connectivity index (χ3n) is 5.19. The molecule has 3 rings (SSSR count). The Morgan fingerprint density at radius 2 is 1.53 bits per heavy atom. The first-order valence-corrected chi connectivity index (χ1v) is 11.7. The summed E-state index contributed by atoms with van der Waals surface area (Å²) in [7, 11) is 0. The maximum absolute atomic E-state index is 12.2. The van der Waals surface area contributed by atoms with Crippen LogP contribution in [0.2, 0.25) is 0 Å². The molecule has 5 nitrogen and oxygen atoms in total. The van der Waals surface area contributed by atoms with Gasteiger partial charge in [-0.2, -0.15) is 0 Å². The van der Waals surface area contributed by atoms with E-state index in [-0.39, 0.29) is 23.3 Å². The average Bonchev–Trinajstić information content (AvgIpc) is 2.71. The minimum atomic E-state index is -0.104. The van der Waals surface area contributed by atoms with Gasteiger partial charge in [-0.1, -0.05) is 36.8 Å². The van der Waals surface area contributed by atoms with Gasteiger partial charge >= 0.3 is 0 Å². The van der Waals surface area contributed by atoms with Gasteiger partial charge in [-0.25, -0.2) is 0 Å². The monoisotopic (exact) mass is 425 g/mol. The van der Waals surface area contributed by atoms with Crippen LogP contribution < -0.4 is 10.6 Å². The summed E-state index contributed by atoms with van der Waals surface area (Å²) < 4.78 is 0. The second-order valence-electron chi connectivity index (χ2n) is 8.13. The molecular weight excluding hydrogens is 394 g/mol. The van der Waals surface area contributed by atoms with Crippen LogP contribution in [-0.2, 0) is 16.1 Å². The Bertz CT molecular complexity index is 837. The lowest BCUT2D eigenvalue weighted by atomic mass is 10.00. The smallest absolute Gasteiger partial charge is 0.234 e. The largest absolute Gasteiger partial charge is 0.325 e. The molecule has 1 atom stereocenters. The summed E-state index contributed by atoms with van der Waals surface area (Å²) in [6.45, 7) is 7.60. The van der Waals surface area contributed by atoms with E-state index in [1.807, 2.05) is 43.3 Å². The zero-order chi connectivity index (χ0) is 21.3. The van der Waals surface area contributed by atoms with Gasteiger partial charge in [0.05, 0.1) is 11.5 Å². The summed E-state index contributed by atoms with van der Waals surface area (Å²) in [5.41, 5.74) is 3.98. The minimum absolute atomic E-state index is 0.0965. The fourth-order valence-electron chi connectivity index (χ4n) is 3.65. The van der Waals surface area contributed by atoms with E-state index in [1.54, 1.807) is 0 Å². The van der Waals surface area contributed by atoms with Gasteiger partial charge in [0.1, 0.15) is 0 Å². The number of piperidine rings is 1. The Morgan fingerprint density at radius 3 is 2.10 bits per heavy atom. The lowest BCUT2D eigenvalue weighted by Gasteiger charge is -2.30. The molecular formula is C24H31N3O2S. The van der Waals surface area contributed by atoms with E-state index in [2.05, 4.69) is 34.6 Å². The lowest BCUT2D eigenvalue weighted by Crippen LogP contribution is -2.33. The van der Waals surface area contributed by atoms with E-state index in [0.29, 0.717) is 0 Å². The van der Waals surface area contributed by atoms with Crippen molar-refractivity contribution in [2.45, 2.75) is 33.2 Å². The van der Waals surface area contributed by atoms with Crippen LogP contribution in [0.5, 0.6) is 0 Å². The zero-order valence-electron chi connectivity index (χ0n) is 17.8. The van der Waals surface area contributed by atoms with Gasteiger partial charge < -0.3 is 10.6 Å². The maximum Gasteiger partial charge on any atom is 0.234 e. The first-order chi connectivity index (χ1) is 14.5. The van der Waals surface area contributed by atoms with Crippen LogP contribution in [0.4, 0.5) is 11.4 Å². The number of likely N-dealkylation sites (tertiary alicyclic amines) is 1. The molecule has 0 radical (unpaired) electrons. The molecule has 30 heavy (non-hydrogen) atoms. The van der Waals surface area contributed by atoms with Crippen molar-refractivity contribution in [1.29, 1.82) is 0 Å². The molecule has 160 valence electrons. The summed E-state index contributed by atoms with van der Waals surface area (Å²) in [6, 6.07) is 15.7. The van der Waals surface area contributed by atoms with Crippen LogP contribution in [0.25, 0.3) is 0 Å². The highest BCUT2D eigenvalue weighted by Gasteiger charge is 2.16. The van der Waals surface area contributed by atoms with E-state index in [0.717, 1.165) is 42.5 Å². The van der Waals surface area contributed by atoms with Gasteiger partial charge in [-0.3, -0.25) is 14.5 Å². The lowest BCUT2D eigenvalue weighted by molar-refractivity contribution is -0.114. The molecule has 1 saturated heterocycles. The fourth-order valence-corrected chi connectivity index (χ4v) is 4.27. The van der Waals surface area contributed by atoms with E-state index >= 15 is 0 Å². The van der Waals surface area contributed by atoms with Crippen LogP contribution in [0.1, 0.15) is 30.9 Å². The fraction of sp³-hybridized carbons (Fsp3) is 0.417. The van der Waals surface area contributed by atoms with E-state index in [4.69, 9.17) is 0 Å². The molecule has 2 aromatic rings. The van der Waals surface area contributed by atoms with Crippen molar-refractivity contribution in [3.63, 3.8) is 0 Å². The quantitative estimate of drug-likeness (QED) is 0.652. The minimum Gasteiger partial charge on any atom is -0.325 e. The topological polar surface area (TPSA) is 61.4 Å². The molecule has 0 bridgehead atoms. The molecule has 2 amide bonds. The van der Waals surface area contributed by atoms with Gasteiger partial charge in [0.25, 0.3) is 0 Å². The van der Waals surface area contributed by atoms with Crippen LogP contribution in [0, 0.1) is 12.8 Å². The van der Waals surface area contributed by atoms with Crippen molar-refractivity contribution >= 4 is 35.0 Å². The van der Waals surface area contributed by atoms with Crippen LogP contribution in [-0.4, -0.2) is 41.3 Å². The third kappa shape index (κ3) is 7.50. The Balaban J connectivity index is 1.36.